The third-order valence-corrected chi connectivity index (χ3v) is 5.75. The van der Waals surface area contributed by atoms with Crippen LogP contribution >= 0.6 is 15.9 Å². The maximum Gasteiger partial charge on any atom is 0.300 e. The Labute approximate surface area is 169 Å². The van der Waals surface area contributed by atoms with Crippen molar-refractivity contribution in [3.63, 3.8) is 0 Å². The van der Waals surface area contributed by atoms with Gasteiger partial charge < -0.3 is 4.90 Å². The Balaban J connectivity index is 1.41. The van der Waals surface area contributed by atoms with E-state index in [9.17, 15) is 19.7 Å². The van der Waals surface area contributed by atoms with Crippen LogP contribution in [0, 0.1) is 10.1 Å². The average molecular weight is 445 g/mol. The lowest BCUT2D eigenvalue weighted by atomic mass is 10.1. The molecule has 28 heavy (non-hydrogen) atoms. The van der Waals surface area contributed by atoms with Gasteiger partial charge in [-0.05, 0) is 40.2 Å². The van der Waals surface area contributed by atoms with Crippen molar-refractivity contribution in [3.05, 3.63) is 62.6 Å². The number of non-ortho nitro benzene ring substituents is 1. The van der Waals surface area contributed by atoms with E-state index >= 15 is 0 Å². The molecular weight excluding hydrogens is 428 g/mol. The second-order valence-corrected chi connectivity index (χ2v) is 7.57. The van der Waals surface area contributed by atoms with Crippen LogP contribution in [-0.4, -0.2) is 54.4 Å². The fourth-order valence-corrected chi connectivity index (χ4v) is 4.11. The van der Waals surface area contributed by atoms with Gasteiger partial charge in [0.15, 0.2) is 0 Å². The van der Waals surface area contributed by atoms with E-state index in [1.807, 2.05) is 6.07 Å². The molecule has 0 bridgehead atoms. The first-order valence-electron chi connectivity index (χ1n) is 8.82. The Hall–Kier alpha value is -2.78. The molecule has 9 heteroatoms. The van der Waals surface area contributed by atoms with Crippen molar-refractivity contribution in [1.29, 1.82) is 0 Å². The molecule has 2 aliphatic heterocycles. The Bertz CT molecular complexity index is 955. The van der Waals surface area contributed by atoms with Gasteiger partial charge in [-0.2, -0.15) is 0 Å². The highest BCUT2D eigenvalue weighted by Crippen LogP contribution is 2.34. The van der Waals surface area contributed by atoms with Gasteiger partial charge in [0.2, 0.25) is 0 Å². The van der Waals surface area contributed by atoms with Crippen molar-refractivity contribution in [2.45, 2.75) is 0 Å². The number of Topliss-reactive ketones (excluding diaryl/α,β-unsaturated/α-hetero) is 1. The van der Waals surface area contributed by atoms with Crippen LogP contribution in [-0.2, 0) is 4.79 Å². The molecule has 0 saturated carbocycles. The first-order chi connectivity index (χ1) is 13.5. The number of halogens is 1. The van der Waals surface area contributed by atoms with Crippen LogP contribution in [0.3, 0.4) is 0 Å². The number of ketones is 1. The van der Waals surface area contributed by atoms with Crippen LogP contribution in [0.2, 0.25) is 0 Å². The molecule has 0 aromatic heterocycles. The van der Waals surface area contributed by atoms with Crippen molar-refractivity contribution in [2.24, 2.45) is 0 Å². The van der Waals surface area contributed by atoms with Gasteiger partial charge in [-0.25, -0.2) is 0 Å². The van der Waals surface area contributed by atoms with Crippen molar-refractivity contribution >= 4 is 44.7 Å². The fraction of sp³-hybridized carbons (Fsp3) is 0.263. The summed E-state index contributed by atoms with van der Waals surface area (Å²) in [6.07, 6.45) is 0. The number of nitro benzene ring substituents is 1. The van der Waals surface area contributed by atoms with E-state index in [1.54, 1.807) is 24.3 Å². The SMILES string of the molecule is O=C1C(=O)N(CN2CCN(c3ccc([N+](=O)[O-])cc3)CC2)c2cccc(Br)c21. The molecule has 0 N–H and O–H groups in total. The number of hydrogen-bond donors (Lipinski definition) is 0. The minimum atomic E-state index is -0.500. The van der Waals surface area contributed by atoms with Gasteiger partial charge in [0, 0.05) is 48.5 Å². The molecule has 1 saturated heterocycles. The third kappa shape index (κ3) is 3.27. The molecule has 4 rings (SSSR count). The van der Waals surface area contributed by atoms with E-state index in [0.717, 1.165) is 31.9 Å². The average Bonchev–Trinajstić information content (AvgIpc) is 2.94. The summed E-state index contributed by atoms with van der Waals surface area (Å²) >= 11 is 3.35. The molecule has 1 fully saturated rings. The first-order valence-corrected chi connectivity index (χ1v) is 9.61. The molecule has 2 aromatic carbocycles. The van der Waals surface area contributed by atoms with E-state index in [1.165, 1.54) is 17.0 Å². The van der Waals surface area contributed by atoms with Gasteiger partial charge in [-0.3, -0.25) is 29.5 Å². The van der Waals surface area contributed by atoms with Crippen molar-refractivity contribution in [3.8, 4) is 0 Å². The number of carbonyl (C=O) groups excluding carboxylic acids is 2. The second-order valence-electron chi connectivity index (χ2n) is 6.72. The summed E-state index contributed by atoms with van der Waals surface area (Å²) in [6.45, 7) is 3.27. The van der Waals surface area contributed by atoms with Crippen LogP contribution in [0.1, 0.15) is 10.4 Å². The lowest BCUT2D eigenvalue weighted by Gasteiger charge is -2.37. The van der Waals surface area contributed by atoms with Gasteiger partial charge in [-0.1, -0.05) is 6.07 Å². The summed E-state index contributed by atoms with van der Waals surface area (Å²) in [5.74, 6) is -0.980. The molecule has 2 heterocycles. The molecule has 0 unspecified atom stereocenters. The van der Waals surface area contributed by atoms with Crippen LogP contribution in [0.25, 0.3) is 0 Å². The lowest BCUT2D eigenvalue weighted by molar-refractivity contribution is -0.384. The predicted octanol–water partition coefficient (Wildman–Crippen LogP) is 2.67. The summed E-state index contributed by atoms with van der Waals surface area (Å²) in [4.78, 5) is 40.9. The molecule has 0 atom stereocenters. The Kier molecular flexibility index (Phi) is 4.86. The molecule has 0 radical (unpaired) electrons. The summed E-state index contributed by atoms with van der Waals surface area (Å²) in [5.41, 5.74) is 2.08. The number of rotatable bonds is 4. The highest BCUT2D eigenvalue weighted by atomic mass is 79.9. The normalized spacial score (nSPS) is 17.2. The molecule has 2 aliphatic rings. The number of carbonyl (C=O) groups is 2. The quantitative estimate of drug-likeness (QED) is 0.409. The van der Waals surface area contributed by atoms with Gasteiger partial charge >= 0.3 is 5.91 Å². The Morgan fingerprint density at radius 2 is 1.68 bits per heavy atom. The molecule has 0 aliphatic carbocycles. The van der Waals surface area contributed by atoms with Gasteiger partial charge in [0.25, 0.3) is 11.5 Å². The summed E-state index contributed by atoms with van der Waals surface area (Å²) in [5, 5.41) is 10.8. The molecule has 2 aromatic rings. The van der Waals surface area contributed by atoms with E-state index in [4.69, 9.17) is 0 Å². The zero-order valence-electron chi connectivity index (χ0n) is 14.9. The monoisotopic (exact) mass is 444 g/mol. The van der Waals surface area contributed by atoms with E-state index in [0.29, 0.717) is 22.4 Å². The number of piperazine rings is 1. The van der Waals surface area contributed by atoms with E-state index in [2.05, 4.69) is 25.7 Å². The Morgan fingerprint density at radius 3 is 2.32 bits per heavy atom. The number of fused-ring (bicyclic) bond motifs is 1. The Morgan fingerprint density at radius 1 is 1.00 bits per heavy atom. The number of nitro groups is 1. The van der Waals surface area contributed by atoms with Crippen molar-refractivity contribution < 1.29 is 14.5 Å². The lowest BCUT2D eigenvalue weighted by Crippen LogP contribution is -2.51. The van der Waals surface area contributed by atoms with E-state index < -0.39 is 16.6 Å². The second kappa shape index (κ2) is 7.33. The van der Waals surface area contributed by atoms with Crippen LogP contribution < -0.4 is 9.80 Å². The molecule has 0 spiro atoms. The number of anilines is 2. The minimum absolute atomic E-state index is 0.0735. The number of amides is 1. The first kappa shape index (κ1) is 18.6. The number of benzene rings is 2. The largest absolute Gasteiger partial charge is 0.369 e. The summed E-state index contributed by atoms with van der Waals surface area (Å²) in [6, 6.07) is 11.9. The van der Waals surface area contributed by atoms with Gasteiger partial charge in [0.05, 0.1) is 22.8 Å². The third-order valence-electron chi connectivity index (χ3n) is 5.09. The summed E-state index contributed by atoms with van der Waals surface area (Å²) in [7, 11) is 0. The standard InChI is InChI=1S/C19H17BrN4O4/c20-15-2-1-3-16-17(15)18(25)19(26)23(16)12-21-8-10-22(11-9-21)13-4-6-14(7-5-13)24(27)28/h1-7H,8-12H2. The zero-order valence-corrected chi connectivity index (χ0v) is 16.5. The topological polar surface area (TPSA) is 87.0 Å². The highest BCUT2D eigenvalue weighted by Gasteiger charge is 2.38. The van der Waals surface area contributed by atoms with Crippen LogP contribution in [0.5, 0.6) is 0 Å². The summed E-state index contributed by atoms with van der Waals surface area (Å²) < 4.78 is 0.633. The van der Waals surface area contributed by atoms with E-state index in [-0.39, 0.29) is 5.69 Å². The van der Waals surface area contributed by atoms with Gasteiger partial charge in [0.1, 0.15) is 0 Å². The molecule has 1 amide bonds. The maximum absolute atomic E-state index is 12.4. The molecule has 144 valence electrons. The predicted molar refractivity (Wildman–Crippen MR) is 108 cm³/mol. The van der Waals surface area contributed by atoms with Crippen LogP contribution in [0.4, 0.5) is 17.1 Å². The highest BCUT2D eigenvalue weighted by molar-refractivity contribution is 9.10. The van der Waals surface area contributed by atoms with Crippen LogP contribution in [0.15, 0.2) is 46.9 Å². The smallest absolute Gasteiger partial charge is 0.300 e. The minimum Gasteiger partial charge on any atom is -0.369 e. The molecular formula is C19H17BrN4O4. The van der Waals surface area contributed by atoms with Crippen molar-refractivity contribution in [1.82, 2.24) is 4.90 Å². The molecule has 8 nitrogen and oxygen atoms in total. The fourth-order valence-electron chi connectivity index (χ4n) is 3.57. The van der Waals surface area contributed by atoms with Crippen molar-refractivity contribution in [2.75, 3.05) is 42.6 Å². The number of hydrogen-bond acceptors (Lipinski definition) is 6. The maximum atomic E-state index is 12.4. The zero-order chi connectivity index (χ0) is 19.8. The van der Waals surface area contributed by atoms with Gasteiger partial charge in [-0.15, -0.1) is 0 Å². The number of nitrogens with zero attached hydrogens (tertiary/aromatic N) is 4.